The summed E-state index contributed by atoms with van der Waals surface area (Å²) < 4.78 is 13.1. The summed E-state index contributed by atoms with van der Waals surface area (Å²) in [6.45, 7) is 4.40. The Bertz CT molecular complexity index is 890. The van der Waals surface area contributed by atoms with Crippen LogP contribution in [0.25, 0.3) is 6.08 Å². The minimum Gasteiger partial charge on any atom is -0.304 e. The molecule has 2 aliphatic heterocycles. The van der Waals surface area contributed by atoms with Crippen molar-refractivity contribution < 1.29 is 14.0 Å². The van der Waals surface area contributed by atoms with Gasteiger partial charge in [-0.3, -0.25) is 19.4 Å². The fraction of sp³-hybridized carbons (Fsp3) is 0.304. The molecule has 6 heteroatoms. The number of nitrogens with zero attached hydrogens (tertiary/aromatic N) is 3. The molecule has 5 nitrogen and oxygen atoms in total. The number of Topliss-reactive ketones (excluding diaryl/α,β-unsaturated/α-hetero) is 1. The first kappa shape index (κ1) is 19.5. The molecule has 2 saturated heterocycles. The fourth-order valence-electron chi connectivity index (χ4n) is 3.90. The van der Waals surface area contributed by atoms with Gasteiger partial charge in [0.2, 0.25) is 5.78 Å². The second kappa shape index (κ2) is 8.68. The molecule has 1 atom stereocenters. The van der Waals surface area contributed by atoms with Crippen molar-refractivity contribution in [1.82, 2.24) is 9.80 Å². The molecule has 0 radical (unpaired) electrons. The zero-order chi connectivity index (χ0) is 20.2. The number of hydrogen-bond acceptors (Lipinski definition) is 4. The van der Waals surface area contributed by atoms with Crippen molar-refractivity contribution in [2.24, 2.45) is 0 Å². The average molecular weight is 393 g/mol. The zero-order valence-electron chi connectivity index (χ0n) is 16.2. The molecule has 0 bridgehead atoms. The summed E-state index contributed by atoms with van der Waals surface area (Å²) in [5.74, 6) is -1.23. The predicted molar refractivity (Wildman–Crippen MR) is 111 cm³/mol. The predicted octanol–water partition coefficient (Wildman–Crippen LogP) is 2.44. The highest BCUT2D eigenvalue weighted by atomic mass is 19.1. The first-order valence-corrected chi connectivity index (χ1v) is 9.91. The molecule has 0 aliphatic carbocycles. The van der Waals surface area contributed by atoms with Crippen LogP contribution in [-0.4, -0.2) is 66.8 Å². The summed E-state index contributed by atoms with van der Waals surface area (Å²) in [5.41, 5.74) is 1.75. The molecular formula is C23H24FN3O2. The molecule has 29 heavy (non-hydrogen) atoms. The maximum Gasteiger partial charge on any atom is 0.296 e. The number of amides is 1. The Morgan fingerprint density at radius 2 is 1.62 bits per heavy atom. The number of carbonyl (C=O) groups excluding carboxylic acids is 2. The fourth-order valence-corrected chi connectivity index (χ4v) is 3.90. The van der Waals surface area contributed by atoms with E-state index in [1.54, 1.807) is 12.1 Å². The second-order valence-electron chi connectivity index (χ2n) is 7.42. The van der Waals surface area contributed by atoms with E-state index in [9.17, 15) is 14.0 Å². The number of carbonyl (C=O) groups is 2. The van der Waals surface area contributed by atoms with Gasteiger partial charge in [-0.2, -0.15) is 0 Å². The minimum atomic E-state index is -0.505. The van der Waals surface area contributed by atoms with Gasteiger partial charge >= 0.3 is 0 Å². The van der Waals surface area contributed by atoms with Gasteiger partial charge in [-0.15, -0.1) is 0 Å². The zero-order valence-corrected chi connectivity index (χ0v) is 16.2. The highest BCUT2D eigenvalue weighted by molar-refractivity contribution is 6.45. The summed E-state index contributed by atoms with van der Waals surface area (Å²) in [7, 11) is 0. The Balaban J connectivity index is 1.31. The lowest BCUT2D eigenvalue weighted by Crippen LogP contribution is -2.52. The van der Waals surface area contributed by atoms with E-state index in [0.717, 1.165) is 32.7 Å². The van der Waals surface area contributed by atoms with Crippen LogP contribution in [0, 0.1) is 5.82 Å². The minimum absolute atomic E-state index is 0.331. The van der Waals surface area contributed by atoms with Gasteiger partial charge in [0.25, 0.3) is 5.91 Å². The third kappa shape index (κ3) is 4.44. The van der Waals surface area contributed by atoms with E-state index in [-0.39, 0.29) is 11.6 Å². The number of benzene rings is 2. The number of halogens is 1. The lowest BCUT2D eigenvalue weighted by Gasteiger charge is -2.36. The second-order valence-corrected chi connectivity index (χ2v) is 7.42. The van der Waals surface area contributed by atoms with Crippen LogP contribution in [0.15, 0.2) is 60.7 Å². The molecule has 0 aromatic heterocycles. The molecular weight excluding hydrogens is 369 g/mol. The molecule has 0 spiro atoms. The molecule has 2 aromatic rings. The average Bonchev–Trinajstić information content (AvgIpc) is 3.05. The summed E-state index contributed by atoms with van der Waals surface area (Å²) in [5, 5.41) is 0. The summed E-state index contributed by atoms with van der Waals surface area (Å²) in [6, 6.07) is 15.5. The van der Waals surface area contributed by atoms with Crippen LogP contribution in [0.4, 0.5) is 10.1 Å². The highest BCUT2D eigenvalue weighted by Gasteiger charge is 2.43. The third-order valence-electron chi connectivity index (χ3n) is 5.57. The van der Waals surface area contributed by atoms with Gasteiger partial charge in [-0.25, -0.2) is 4.39 Å². The molecule has 2 aliphatic rings. The van der Waals surface area contributed by atoms with Gasteiger partial charge in [0.15, 0.2) is 0 Å². The van der Waals surface area contributed by atoms with Gasteiger partial charge in [-0.05, 0) is 29.8 Å². The van der Waals surface area contributed by atoms with Gasteiger partial charge in [0, 0.05) is 45.0 Å². The van der Waals surface area contributed by atoms with Crippen LogP contribution in [0.5, 0.6) is 0 Å². The first-order valence-electron chi connectivity index (χ1n) is 9.91. The van der Waals surface area contributed by atoms with Crippen LogP contribution in [0.1, 0.15) is 5.56 Å². The van der Waals surface area contributed by atoms with Gasteiger partial charge in [-0.1, -0.05) is 42.5 Å². The summed E-state index contributed by atoms with van der Waals surface area (Å²) in [4.78, 5) is 30.9. The van der Waals surface area contributed by atoms with Crippen molar-refractivity contribution in [3.05, 3.63) is 72.1 Å². The number of rotatable bonds is 5. The summed E-state index contributed by atoms with van der Waals surface area (Å²) in [6.07, 6.45) is 4.28. The Hall–Kier alpha value is -2.83. The van der Waals surface area contributed by atoms with E-state index in [2.05, 4.69) is 34.1 Å². The Morgan fingerprint density at radius 3 is 2.31 bits per heavy atom. The van der Waals surface area contributed by atoms with E-state index < -0.39 is 11.9 Å². The number of ketones is 1. The summed E-state index contributed by atoms with van der Waals surface area (Å²) >= 11 is 0. The molecule has 0 saturated carbocycles. The smallest absolute Gasteiger partial charge is 0.296 e. The molecule has 1 amide bonds. The van der Waals surface area contributed by atoms with Crippen LogP contribution >= 0.6 is 0 Å². The van der Waals surface area contributed by atoms with E-state index in [0.29, 0.717) is 12.2 Å². The SMILES string of the molecule is O=C1C(=O)N(c2ccc(F)cc2)C[C@@H]1N1CCN(C/C=C\c2ccccc2)CC1. The number of anilines is 1. The molecule has 2 fully saturated rings. The van der Waals surface area contributed by atoms with Crippen molar-refractivity contribution in [3.63, 3.8) is 0 Å². The maximum absolute atomic E-state index is 13.1. The van der Waals surface area contributed by atoms with Crippen LogP contribution in [-0.2, 0) is 9.59 Å². The number of hydrogen-bond donors (Lipinski definition) is 0. The molecule has 0 unspecified atom stereocenters. The van der Waals surface area contributed by atoms with Crippen LogP contribution in [0.3, 0.4) is 0 Å². The molecule has 2 aromatic carbocycles. The monoisotopic (exact) mass is 393 g/mol. The maximum atomic E-state index is 13.1. The van der Waals surface area contributed by atoms with Crippen molar-refractivity contribution in [2.45, 2.75) is 6.04 Å². The number of piperazine rings is 1. The van der Waals surface area contributed by atoms with E-state index in [4.69, 9.17) is 0 Å². The highest BCUT2D eigenvalue weighted by Crippen LogP contribution is 2.23. The Kier molecular flexibility index (Phi) is 5.83. The molecule has 4 rings (SSSR count). The van der Waals surface area contributed by atoms with Crippen molar-refractivity contribution >= 4 is 23.5 Å². The van der Waals surface area contributed by atoms with Gasteiger partial charge < -0.3 is 4.90 Å². The van der Waals surface area contributed by atoms with Crippen LogP contribution in [0.2, 0.25) is 0 Å². The van der Waals surface area contributed by atoms with E-state index in [1.165, 1.54) is 22.6 Å². The van der Waals surface area contributed by atoms with Crippen molar-refractivity contribution in [1.29, 1.82) is 0 Å². The van der Waals surface area contributed by atoms with Gasteiger partial charge in [0.1, 0.15) is 5.82 Å². The lowest BCUT2D eigenvalue weighted by atomic mass is 10.1. The standard InChI is InChI=1S/C23H24FN3O2/c24-19-8-10-20(11-9-19)27-17-21(22(28)23(27)29)26-15-13-25(14-16-26)12-4-7-18-5-2-1-3-6-18/h1-11,21H,12-17H2/b7-4-/t21-/m0/s1. The topological polar surface area (TPSA) is 43.9 Å². The molecule has 2 heterocycles. The lowest BCUT2D eigenvalue weighted by molar-refractivity contribution is -0.136. The Labute approximate surface area is 170 Å². The van der Waals surface area contributed by atoms with Crippen LogP contribution < -0.4 is 4.90 Å². The van der Waals surface area contributed by atoms with Crippen molar-refractivity contribution in [2.75, 3.05) is 44.2 Å². The quantitative estimate of drug-likeness (QED) is 0.732. The van der Waals surface area contributed by atoms with E-state index >= 15 is 0 Å². The largest absolute Gasteiger partial charge is 0.304 e. The molecule has 150 valence electrons. The van der Waals surface area contributed by atoms with Gasteiger partial charge in [0.05, 0.1) is 6.04 Å². The van der Waals surface area contributed by atoms with Crippen molar-refractivity contribution in [3.8, 4) is 0 Å². The molecule has 0 N–H and O–H groups in total. The third-order valence-corrected chi connectivity index (χ3v) is 5.57. The normalized spacial score (nSPS) is 21.4. The van der Waals surface area contributed by atoms with E-state index in [1.807, 2.05) is 18.2 Å². The Morgan fingerprint density at radius 1 is 0.931 bits per heavy atom. The first-order chi connectivity index (χ1) is 14.1.